The summed E-state index contributed by atoms with van der Waals surface area (Å²) in [4.78, 5) is 4.99. The van der Waals surface area contributed by atoms with Crippen molar-refractivity contribution in [2.24, 2.45) is 0 Å². The molecule has 4 aromatic carbocycles. The number of hydrogen-bond acceptors (Lipinski definition) is 2. The second kappa shape index (κ2) is 10.6. The summed E-state index contributed by atoms with van der Waals surface area (Å²) in [5.74, 6) is 2.09. The minimum absolute atomic E-state index is 0.728. The first-order chi connectivity index (χ1) is 17.2. The molecule has 0 atom stereocenters. The highest BCUT2D eigenvalue weighted by atomic mass is 16.5. The van der Waals surface area contributed by atoms with Crippen LogP contribution in [0.1, 0.15) is 35.4 Å². The normalized spacial score (nSPS) is 11.1. The topological polar surface area (TPSA) is 27.1 Å². The lowest BCUT2D eigenvalue weighted by Crippen LogP contribution is -2.07. The zero-order valence-corrected chi connectivity index (χ0v) is 20.6. The van der Waals surface area contributed by atoms with E-state index in [1.54, 1.807) is 0 Å². The van der Waals surface area contributed by atoms with Crippen LogP contribution < -0.4 is 4.74 Å². The third kappa shape index (κ3) is 5.63. The van der Waals surface area contributed by atoms with E-state index in [0.717, 1.165) is 49.5 Å². The van der Waals surface area contributed by atoms with Crippen LogP contribution in [0.25, 0.3) is 22.2 Å². The number of hydrogen-bond donors (Lipinski definition) is 0. The molecule has 5 rings (SSSR count). The van der Waals surface area contributed by atoms with Crippen LogP contribution in [0.5, 0.6) is 5.75 Å². The van der Waals surface area contributed by atoms with Crippen LogP contribution in [0.2, 0.25) is 0 Å². The summed E-state index contributed by atoms with van der Waals surface area (Å²) in [6, 6.07) is 34.2. The second-order valence-corrected chi connectivity index (χ2v) is 9.29. The van der Waals surface area contributed by atoms with Crippen molar-refractivity contribution in [1.29, 1.82) is 0 Å². The first-order valence-corrected chi connectivity index (χ1v) is 12.5. The summed E-state index contributed by atoms with van der Waals surface area (Å²) in [7, 11) is 0. The van der Waals surface area contributed by atoms with E-state index in [9.17, 15) is 0 Å². The van der Waals surface area contributed by atoms with Crippen molar-refractivity contribution in [3.63, 3.8) is 0 Å². The van der Waals surface area contributed by atoms with Gasteiger partial charge in [-0.1, -0.05) is 72.8 Å². The number of benzene rings is 4. The van der Waals surface area contributed by atoms with Gasteiger partial charge in [-0.15, -0.1) is 0 Å². The Morgan fingerprint density at radius 1 is 0.714 bits per heavy atom. The summed E-state index contributed by atoms with van der Waals surface area (Å²) >= 11 is 0. The maximum atomic E-state index is 6.02. The van der Waals surface area contributed by atoms with E-state index in [4.69, 9.17) is 9.72 Å². The number of fused-ring (bicyclic) bond motifs is 1. The van der Waals surface area contributed by atoms with Crippen LogP contribution in [0, 0.1) is 13.8 Å². The minimum Gasteiger partial charge on any atom is -0.494 e. The van der Waals surface area contributed by atoms with Crippen molar-refractivity contribution in [2.45, 2.75) is 39.7 Å². The quantitative estimate of drug-likeness (QED) is 0.210. The molecule has 0 bridgehead atoms. The first-order valence-electron chi connectivity index (χ1n) is 12.5. The van der Waals surface area contributed by atoms with Crippen molar-refractivity contribution >= 4 is 11.0 Å². The zero-order chi connectivity index (χ0) is 24.0. The molecule has 0 saturated carbocycles. The Labute approximate surface area is 208 Å². The number of rotatable bonds is 9. The number of aromatic nitrogens is 2. The van der Waals surface area contributed by atoms with Crippen molar-refractivity contribution in [1.82, 2.24) is 9.55 Å². The van der Waals surface area contributed by atoms with Crippen molar-refractivity contribution < 1.29 is 4.74 Å². The van der Waals surface area contributed by atoms with Gasteiger partial charge in [0.25, 0.3) is 0 Å². The summed E-state index contributed by atoms with van der Waals surface area (Å²) < 4.78 is 8.41. The summed E-state index contributed by atoms with van der Waals surface area (Å²) in [5.41, 5.74) is 8.52. The summed E-state index contributed by atoms with van der Waals surface area (Å²) in [6.07, 6.45) is 2.87. The second-order valence-electron chi connectivity index (χ2n) is 9.29. The predicted octanol–water partition coefficient (Wildman–Crippen LogP) is 7.77. The molecule has 0 spiro atoms. The molecule has 0 fully saturated rings. The number of aryl methyl sites for hydroxylation is 3. The Balaban J connectivity index is 1.26. The van der Waals surface area contributed by atoms with Gasteiger partial charge in [-0.25, -0.2) is 4.98 Å². The van der Waals surface area contributed by atoms with Gasteiger partial charge in [0.1, 0.15) is 11.6 Å². The number of ether oxygens (including phenoxy) is 1. The summed E-state index contributed by atoms with van der Waals surface area (Å²) in [5, 5.41) is 0. The van der Waals surface area contributed by atoms with Gasteiger partial charge in [0.2, 0.25) is 0 Å². The van der Waals surface area contributed by atoms with Crippen LogP contribution in [0.4, 0.5) is 0 Å². The van der Waals surface area contributed by atoms with Gasteiger partial charge in [0, 0.05) is 13.0 Å². The van der Waals surface area contributed by atoms with E-state index < -0.39 is 0 Å². The lowest BCUT2D eigenvalue weighted by molar-refractivity contribution is 0.303. The Hall–Kier alpha value is -3.85. The Morgan fingerprint density at radius 2 is 1.40 bits per heavy atom. The smallest absolute Gasteiger partial charge is 0.119 e. The van der Waals surface area contributed by atoms with Crippen LogP contribution in [0.15, 0.2) is 97.1 Å². The van der Waals surface area contributed by atoms with Crippen LogP contribution in [-0.4, -0.2) is 16.2 Å². The molecule has 5 aromatic rings. The van der Waals surface area contributed by atoms with E-state index in [1.165, 1.54) is 33.3 Å². The molecule has 0 amide bonds. The molecule has 3 heteroatoms. The van der Waals surface area contributed by atoms with Gasteiger partial charge in [0.15, 0.2) is 0 Å². The molecule has 0 aliphatic carbocycles. The van der Waals surface area contributed by atoms with Crippen LogP contribution >= 0.6 is 0 Å². The maximum Gasteiger partial charge on any atom is 0.119 e. The summed E-state index contributed by atoms with van der Waals surface area (Å²) in [6.45, 7) is 5.89. The fraction of sp³-hybridized carbons (Fsp3) is 0.219. The molecule has 0 saturated heterocycles. The Morgan fingerprint density at radius 3 is 2.17 bits per heavy atom. The number of para-hydroxylation sites is 2. The Bertz CT molecular complexity index is 1380. The average molecular weight is 461 g/mol. The fourth-order valence-corrected chi connectivity index (χ4v) is 4.72. The van der Waals surface area contributed by atoms with E-state index in [1.807, 2.05) is 0 Å². The number of nitrogens with zero attached hydrogens (tertiary/aromatic N) is 2. The zero-order valence-electron chi connectivity index (χ0n) is 20.6. The molecule has 3 nitrogen and oxygen atoms in total. The van der Waals surface area contributed by atoms with Gasteiger partial charge in [-0.05, 0) is 78.8 Å². The molecule has 1 aromatic heterocycles. The minimum atomic E-state index is 0.728. The molecule has 0 unspecified atom stereocenters. The predicted molar refractivity (Wildman–Crippen MR) is 145 cm³/mol. The molecule has 0 radical (unpaired) electrons. The number of imidazole rings is 1. The third-order valence-electron chi connectivity index (χ3n) is 6.40. The molecular formula is C32H32N2O. The first kappa shape index (κ1) is 22.9. The lowest BCUT2D eigenvalue weighted by atomic mass is 10.0. The highest BCUT2D eigenvalue weighted by Gasteiger charge is 2.11. The SMILES string of the molecule is Cc1cc(C)cc(OCCCCn2c(Cc3ccc(-c4ccccc4)cc3)nc3ccccc32)c1. The molecule has 0 aliphatic rings. The molecule has 1 heterocycles. The van der Waals surface area contributed by atoms with Gasteiger partial charge in [-0.3, -0.25) is 0 Å². The largest absolute Gasteiger partial charge is 0.494 e. The van der Waals surface area contributed by atoms with Crippen molar-refractivity contribution in [3.05, 3.63) is 120 Å². The van der Waals surface area contributed by atoms with E-state index in [2.05, 4.69) is 115 Å². The van der Waals surface area contributed by atoms with Gasteiger partial charge < -0.3 is 9.30 Å². The van der Waals surface area contributed by atoms with Crippen LogP contribution in [-0.2, 0) is 13.0 Å². The average Bonchev–Trinajstić information content (AvgIpc) is 3.21. The van der Waals surface area contributed by atoms with Crippen molar-refractivity contribution in [2.75, 3.05) is 6.61 Å². The highest BCUT2D eigenvalue weighted by molar-refractivity contribution is 5.76. The van der Waals surface area contributed by atoms with E-state index in [-0.39, 0.29) is 0 Å². The maximum absolute atomic E-state index is 6.02. The lowest BCUT2D eigenvalue weighted by Gasteiger charge is -2.11. The van der Waals surface area contributed by atoms with Crippen molar-refractivity contribution in [3.8, 4) is 16.9 Å². The third-order valence-corrected chi connectivity index (χ3v) is 6.40. The number of unbranched alkanes of at least 4 members (excludes halogenated alkanes) is 1. The molecule has 176 valence electrons. The van der Waals surface area contributed by atoms with Gasteiger partial charge >= 0.3 is 0 Å². The van der Waals surface area contributed by atoms with Gasteiger partial charge in [-0.2, -0.15) is 0 Å². The molecular weight excluding hydrogens is 428 g/mol. The van der Waals surface area contributed by atoms with Gasteiger partial charge in [0.05, 0.1) is 17.6 Å². The fourth-order valence-electron chi connectivity index (χ4n) is 4.72. The molecule has 0 N–H and O–H groups in total. The monoisotopic (exact) mass is 460 g/mol. The standard InChI is InChI=1S/C32H32N2O/c1-24-20-25(2)22-29(21-24)35-19-9-8-18-34-31-13-7-6-12-30(31)33-32(34)23-26-14-16-28(17-15-26)27-10-4-3-5-11-27/h3-7,10-17,20-22H,8-9,18-19,23H2,1-2H3. The van der Waals surface area contributed by atoms with Crippen LogP contribution in [0.3, 0.4) is 0 Å². The Kier molecular flexibility index (Phi) is 6.94. The van der Waals surface area contributed by atoms with E-state index >= 15 is 0 Å². The molecule has 0 aliphatic heterocycles. The highest BCUT2D eigenvalue weighted by Crippen LogP contribution is 2.23. The molecule has 35 heavy (non-hydrogen) atoms. The van der Waals surface area contributed by atoms with E-state index in [0.29, 0.717) is 0 Å².